The normalized spacial score (nSPS) is 14.6. The van der Waals surface area contributed by atoms with Gasteiger partial charge in [-0.2, -0.15) is 0 Å². The summed E-state index contributed by atoms with van der Waals surface area (Å²) in [5.74, 6) is 0. The molecule has 1 N–H and O–H groups in total. The molecule has 0 aromatic carbocycles. The molecule has 14 heavy (non-hydrogen) atoms. The molecule has 1 heteroatoms. The number of rotatable bonds is 7. The van der Waals surface area contributed by atoms with Crippen LogP contribution in [0.15, 0.2) is 36.5 Å². The standard InChI is InChI=1S/C13H22O/c1-4-7-12(8-5-2)10-11-13(14)9-6-3/h4-5,7-8,13-14H,1,6,9-11H2,2-3H3/b8-5-,12-7+. The quantitative estimate of drug-likeness (QED) is 0.614. The van der Waals surface area contributed by atoms with E-state index in [9.17, 15) is 5.11 Å². The minimum absolute atomic E-state index is 0.154. The molecule has 1 atom stereocenters. The van der Waals surface area contributed by atoms with E-state index < -0.39 is 0 Å². The second-order valence-corrected chi connectivity index (χ2v) is 3.46. The maximum absolute atomic E-state index is 9.56. The van der Waals surface area contributed by atoms with Crippen molar-refractivity contribution in [2.24, 2.45) is 0 Å². The van der Waals surface area contributed by atoms with Crippen LogP contribution in [0, 0.1) is 0 Å². The Morgan fingerprint density at radius 1 is 1.43 bits per heavy atom. The average molecular weight is 194 g/mol. The zero-order valence-electron chi connectivity index (χ0n) is 9.37. The van der Waals surface area contributed by atoms with Gasteiger partial charge in [0.25, 0.3) is 0 Å². The molecular formula is C13H22O. The zero-order chi connectivity index (χ0) is 10.8. The summed E-state index contributed by atoms with van der Waals surface area (Å²) in [6, 6.07) is 0. The minimum atomic E-state index is -0.154. The fourth-order valence-electron chi connectivity index (χ4n) is 1.40. The van der Waals surface area contributed by atoms with Crippen molar-refractivity contribution in [3.8, 4) is 0 Å². The van der Waals surface area contributed by atoms with Crippen molar-refractivity contribution in [1.82, 2.24) is 0 Å². The van der Waals surface area contributed by atoms with Gasteiger partial charge in [-0.15, -0.1) is 0 Å². The van der Waals surface area contributed by atoms with E-state index in [1.165, 1.54) is 5.57 Å². The smallest absolute Gasteiger partial charge is 0.0543 e. The maximum Gasteiger partial charge on any atom is 0.0543 e. The number of allylic oxidation sites excluding steroid dienone is 5. The first-order valence-corrected chi connectivity index (χ1v) is 5.36. The van der Waals surface area contributed by atoms with E-state index in [2.05, 4.69) is 19.6 Å². The summed E-state index contributed by atoms with van der Waals surface area (Å²) in [7, 11) is 0. The van der Waals surface area contributed by atoms with E-state index in [1.54, 1.807) is 6.08 Å². The summed E-state index contributed by atoms with van der Waals surface area (Å²) in [4.78, 5) is 0. The second-order valence-electron chi connectivity index (χ2n) is 3.46. The van der Waals surface area contributed by atoms with Gasteiger partial charge in [0.05, 0.1) is 6.10 Å². The van der Waals surface area contributed by atoms with Crippen molar-refractivity contribution in [1.29, 1.82) is 0 Å². The second kappa shape index (κ2) is 8.76. The van der Waals surface area contributed by atoms with Gasteiger partial charge in [0.2, 0.25) is 0 Å². The summed E-state index contributed by atoms with van der Waals surface area (Å²) in [6.07, 6.45) is 11.4. The van der Waals surface area contributed by atoms with E-state index >= 15 is 0 Å². The Bertz CT molecular complexity index is 201. The molecule has 0 fully saturated rings. The lowest BCUT2D eigenvalue weighted by Crippen LogP contribution is -2.05. The Kier molecular flexibility index (Phi) is 8.25. The van der Waals surface area contributed by atoms with Crippen LogP contribution in [0.1, 0.15) is 39.5 Å². The van der Waals surface area contributed by atoms with Crippen molar-refractivity contribution >= 4 is 0 Å². The van der Waals surface area contributed by atoms with Gasteiger partial charge in [-0.3, -0.25) is 0 Å². The van der Waals surface area contributed by atoms with Gasteiger partial charge in [-0.1, -0.05) is 44.2 Å². The third kappa shape index (κ3) is 6.67. The van der Waals surface area contributed by atoms with Gasteiger partial charge in [-0.25, -0.2) is 0 Å². The number of hydrogen-bond donors (Lipinski definition) is 1. The van der Waals surface area contributed by atoms with E-state index in [4.69, 9.17) is 0 Å². The van der Waals surface area contributed by atoms with Gasteiger partial charge in [0.1, 0.15) is 0 Å². The molecule has 0 radical (unpaired) electrons. The highest BCUT2D eigenvalue weighted by molar-refractivity contribution is 5.22. The first-order chi connectivity index (χ1) is 6.74. The monoisotopic (exact) mass is 194 g/mol. The molecule has 0 amide bonds. The molecular weight excluding hydrogens is 172 g/mol. The fourth-order valence-corrected chi connectivity index (χ4v) is 1.40. The predicted molar refractivity (Wildman–Crippen MR) is 63.2 cm³/mol. The van der Waals surface area contributed by atoms with Crippen molar-refractivity contribution in [3.05, 3.63) is 36.5 Å². The average Bonchev–Trinajstić information content (AvgIpc) is 2.15. The lowest BCUT2D eigenvalue weighted by atomic mass is 10.0. The summed E-state index contributed by atoms with van der Waals surface area (Å²) >= 11 is 0. The molecule has 0 aliphatic carbocycles. The van der Waals surface area contributed by atoms with Crippen LogP contribution in [0.2, 0.25) is 0 Å². The molecule has 0 heterocycles. The van der Waals surface area contributed by atoms with Gasteiger partial charge < -0.3 is 5.11 Å². The van der Waals surface area contributed by atoms with Gasteiger partial charge >= 0.3 is 0 Å². The molecule has 0 bridgehead atoms. The number of hydrogen-bond acceptors (Lipinski definition) is 1. The SMILES string of the molecule is C=C/C=C(\C=C/C)CCC(O)CCC. The van der Waals surface area contributed by atoms with Crippen LogP contribution in [0.5, 0.6) is 0 Å². The Hall–Kier alpha value is -0.820. The molecule has 80 valence electrons. The van der Waals surface area contributed by atoms with E-state index in [-0.39, 0.29) is 6.10 Å². The van der Waals surface area contributed by atoms with E-state index in [0.29, 0.717) is 0 Å². The lowest BCUT2D eigenvalue weighted by molar-refractivity contribution is 0.154. The topological polar surface area (TPSA) is 20.2 Å². The van der Waals surface area contributed by atoms with Crippen LogP contribution >= 0.6 is 0 Å². The molecule has 0 saturated heterocycles. The fraction of sp³-hybridized carbons (Fsp3) is 0.538. The Balaban J connectivity index is 3.93. The number of aliphatic hydroxyl groups is 1. The van der Waals surface area contributed by atoms with Gasteiger partial charge in [0.15, 0.2) is 0 Å². The third-order valence-electron chi connectivity index (χ3n) is 2.10. The summed E-state index contributed by atoms with van der Waals surface area (Å²) in [6.45, 7) is 7.77. The number of aliphatic hydroxyl groups excluding tert-OH is 1. The predicted octanol–water partition coefficient (Wildman–Crippen LogP) is 3.62. The molecule has 0 rings (SSSR count). The Morgan fingerprint density at radius 3 is 2.64 bits per heavy atom. The summed E-state index contributed by atoms with van der Waals surface area (Å²) < 4.78 is 0. The molecule has 0 saturated carbocycles. The van der Waals surface area contributed by atoms with E-state index in [1.807, 2.05) is 19.1 Å². The van der Waals surface area contributed by atoms with Crippen LogP contribution in [-0.4, -0.2) is 11.2 Å². The van der Waals surface area contributed by atoms with Crippen molar-refractivity contribution in [2.75, 3.05) is 0 Å². The Labute approximate surface area is 87.8 Å². The first kappa shape index (κ1) is 13.2. The Morgan fingerprint density at radius 2 is 2.14 bits per heavy atom. The molecule has 0 spiro atoms. The van der Waals surface area contributed by atoms with Crippen molar-refractivity contribution < 1.29 is 5.11 Å². The van der Waals surface area contributed by atoms with E-state index in [0.717, 1.165) is 25.7 Å². The van der Waals surface area contributed by atoms with Crippen LogP contribution < -0.4 is 0 Å². The molecule has 0 aliphatic heterocycles. The largest absolute Gasteiger partial charge is 0.393 e. The molecule has 0 aromatic rings. The minimum Gasteiger partial charge on any atom is -0.393 e. The van der Waals surface area contributed by atoms with Gasteiger partial charge in [0, 0.05) is 0 Å². The zero-order valence-corrected chi connectivity index (χ0v) is 9.37. The van der Waals surface area contributed by atoms with Crippen LogP contribution in [0.25, 0.3) is 0 Å². The van der Waals surface area contributed by atoms with Gasteiger partial charge in [-0.05, 0) is 31.8 Å². The van der Waals surface area contributed by atoms with Crippen LogP contribution in [-0.2, 0) is 0 Å². The summed E-state index contributed by atoms with van der Waals surface area (Å²) in [5, 5.41) is 9.56. The molecule has 0 aliphatic rings. The first-order valence-electron chi connectivity index (χ1n) is 5.36. The van der Waals surface area contributed by atoms with Crippen molar-refractivity contribution in [2.45, 2.75) is 45.6 Å². The molecule has 1 unspecified atom stereocenters. The van der Waals surface area contributed by atoms with Crippen molar-refractivity contribution in [3.63, 3.8) is 0 Å². The molecule has 0 aromatic heterocycles. The maximum atomic E-state index is 9.56. The van der Waals surface area contributed by atoms with Crippen LogP contribution in [0.3, 0.4) is 0 Å². The van der Waals surface area contributed by atoms with Crippen LogP contribution in [0.4, 0.5) is 0 Å². The highest BCUT2D eigenvalue weighted by atomic mass is 16.3. The molecule has 1 nitrogen and oxygen atoms in total. The highest BCUT2D eigenvalue weighted by Crippen LogP contribution is 2.12. The summed E-state index contributed by atoms with van der Waals surface area (Å²) in [5.41, 5.74) is 1.23. The third-order valence-corrected chi connectivity index (χ3v) is 2.10. The highest BCUT2D eigenvalue weighted by Gasteiger charge is 2.02. The lowest BCUT2D eigenvalue weighted by Gasteiger charge is -2.08.